The third-order valence-electron chi connectivity index (χ3n) is 2.29. The standard InChI is InChI=1S/C10H12BrN3O2/c11-9-8(2-1-3-12-9)16-7-6-14-5-4-13-10(14)15/h1-3H,4-7H2,(H,13,15). The Morgan fingerprint density at radius 2 is 2.50 bits per heavy atom. The van der Waals surface area contributed by atoms with Crippen molar-refractivity contribution in [1.82, 2.24) is 15.2 Å². The Kier molecular flexibility index (Phi) is 3.61. The van der Waals surface area contributed by atoms with Crippen LogP contribution in [0, 0.1) is 0 Å². The summed E-state index contributed by atoms with van der Waals surface area (Å²) >= 11 is 3.29. The second-order valence-corrected chi connectivity index (χ2v) is 4.11. The van der Waals surface area contributed by atoms with Gasteiger partial charge in [0, 0.05) is 19.3 Å². The van der Waals surface area contributed by atoms with Crippen LogP contribution in [-0.4, -0.2) is 42.2 Å². The van der Waals surface area contributed by atoms with Crippen LogP contribution in [0.1, 0.15) is 0 Å². The summed E-state index contributed by atoms with van der Waals surface area (Å²) in [6.45, 7) is 2.52. The molecule has 2 amide bonds. The van der Waals surface area contributed by atoms with E-state index in [-0.39, 0.29) is 6.03 Å². The highest BCUT2D eigenvalue weighted by molar-refractivity contribution is 9.10. The Bertz CT molecular complexity index is 386. The van der Waals surface area contributed by atoms with Gasteiger partial charge in [-0.05, 0) is 28.1 Å². The molecule has 2 rings (SSSR count). The van der Waals surface area contributed by atoms with E-state index in [2.05, 4.69) is 26.2 Å². The zero-order valence-electron chi connectivity index (χ0n) is 8.65. The van der Waals surface area contributed by atoms with Crippen molar-refractivity contribution >= 4 is 22.0 Å². The van der Waals surface area contributed by atoms with Crippen LogP contribution in [0.15, 0.2) is 22.9 Å². The molecule has 5 nitrogen and oxygen atoms in total. The predicted octanol–water partition coefficient (Wildman–Crippen LogP) is 1.25. The summed E-state index contributed by atoms with van der Waals surface area (Å²) in [5.74, 6) is 0.696. The highest BCUT2D eigenvalue weighted by Gasteiger charge is 2.18. The second kappa shape index (κ2) is 5.16. The molecule has 1 aliphatic rings. The minimum Gasteiger partial charge on any atom is -0.489 e. The Morgan fingerprint density at radius 1 is 1.62 bits per heavy atom. The number of ether oxygens (including phenoxy) is 1. The number of hydrogen-bond acceptors (Lipinski definition) is 3. The van der Waals surface area contributed by atoms with E-state index >= 15 is 0 Å². The van der Waals surface area contributed by atoms with Crippen LogP contribution in [-0.2, 0) is 0 Å². The van der Waals surface area contributed by atoms with Gasteiger partial charge in [0.15, 0.2) is 5.75 Å². The molecular weight excluding hydrogens is 274 g/mol. The Balaban J connectivity index is 1.80. The molecule has 1 saturated heterocycles. The van der Waals surface area contributed by atoms with Gasteiger partial charge in [0.05, 0.1) is 6.54 Å². The lowest BCUT2D eigenvalue weighted by Gasteiger charge is -2.14. The minimum atomic E-state index is -0.0196. The maximum atomic E-state index is 11.2. The summed E-state index contributed by atoms with van der Waals surface area (Å²) in [4.78, 5) is 17.0. The van der Waals surface area contributed by atoms with Gasteiger partial charge >= 0.3 is 6.03 Å². The molecule has 1 aromatic rings. The fourth-order valence-electron chi connectivity index (χ4n) is 1.47. The normalized spacial score (nSPS) is 15.1. The third kappa shape index (κ3) is 2.63. The fraction of sp³-hybridized carbons (Fsp3) is 0.400. The summed E-state index contributed by atoms with van der Waals surface area (Å²) in [6.07, 6.45) is 1.69. The van der Waals surface area contributed by atoms with Gasteiger partial charge in [-0.15, -0.1) is 0 Å². The van der Waals surface area contributed by atoms with E-state index in [9.17, 15) is 4.79 Å². The second-order valence-electron chi connectivity index (χ2n) is 3.36. The van der Waals surface area contributed by atoms with E-state index in [1.165, 1.54) is 0 Å². The van der Waals surface area contributed by atoms with Crippen molar-refractivity contribution in [3.05, 3.63) is 22.9 Å². The molecular formula is C10H12BrN3O2. The van der Waals surface area contributed by atoms with Crippen LogP contribution in [0.4, 0.5) is 4.79 Å². The molecule has 0 aromatic carbocycles. The van der Waals surface area contributed by atoms with Crippen molar-refractivity contribution in [3.8, 4) is 5.75 Å². The first-order valence-corrected chi connectivity index (χ1v) is 5.83. The van der Waals surface area contributed by atoms with Crippen LogP contribution in [0.25, 0.3) is 0 Å². The summed E-state index contributed by atoms with van der Waals surface area (Å²) in [6, 6.07) is 3.62. The van der Waals surface area contributed by atoms with E-state index < -0.39 is 0 Å². The van der Waals surface area contributed by atoms with Crippen LogP contribution in [0.2, 0.25) is 0 Å². The quantitative estimate of drug-likeness (QED) is 0.847. The molecule has 6 heteroatoms. The lowest BCUT2D eigenvalue weighted by molar-refractivity contribution is 0.202. The molecule has 0 spiro atoms. The smallest absolute Gasteiger partial charge is 0.317 e. The molecule has 1 aromatic heterocycles. The number of rotatable bonds is 4. The van der Waals surface area contributed by atoms with Crippen LogP contribution in [0.3, 0.4) is 0 Å². The average molecular weight is 286 g/mol. The molecule has 16 heavy (non-hydrogen) atoms. The summed E-state index contributed by atoms with van der Waals surface area (Å²) < 4.78 is 6.20. The monoisotopic (exact) mass is 285 g/mol. The summed E-state index contributed by atoms with van der Waals surface area (Å²) in [5, 5.41) is 2.74. The molecule has 2 heterocycles. The zero-order chi connectivity index (χ0) is 11.4. The number of nitrogens with one attached hydrogen (secondary N) is 1. The van der Waals surface area contributed by atoms with E-state index in [0.29, 0.717) is 23.5 Å². The average Bonchev–Trinajstić information content (AvgIpc) is 2.67. The Morgan fingerprint density at radius 3 is 3.19 bits per heavy atom. The first kappa shape index (κ1) is 11.2. The van der Waals surface area contributed by atoms with Crippen LogP contribution >= 0.6 is 15.9 Å². The Hall–Kier alpha value is -1.30. The highest BCUT2D eigenvalue weighted by Crippen LogP contribution is 2.20. The lowest BCUT2D eigenvalue weighted by Crippen LogP contribution is -2.31. The van der Waals surface area contributed by atoms with Crippen molar-refractivity contribution < 1.29 is 9.53 Å². The molecule has 0 atom stereocenters. The van der Waals surface area contributed by atoms with E-state index in [1.54, 1.807) is 11.1 Å². The molecule has 1 N–H and O–H groups in total. The molecule has 0 bridgehead atoms. The van der Waals surface area contributed by atoms with E-state index in [0.717, 1.165) is 13.1 Å². The maximum absolute atomic E-state index is 11.2. The van der Waals surface area contributed by atoms with Crippen molar-refractivity contribution in [2.24, 2.45) is 0 Å². The van der Waals surface area contributed by atoms with Gasteiger partial charge in [0.1, 0.15) is 11.2 Å². The van der Waals surface area contributed by atoms with Crippen molar-refractivity contribution in [1.29, 1.82) is 0 Å². The molecule has 0 unspecified atom stereocenters. The molecule has 0 aliphatic carbocycles. The topological polar surface area (TPSA) is 54.5 Å². The summed E-state index contributed by atoms with van der Waals surface area (Å²) in [5.41, 5.74) is 0. The third-order valence-corrected chi connectivity index (χ3v) is 2.88. The van der Waals surface area contributed by atoms with E-state index in [1.807, 2.05) is 12.1 Å². The number of aromatic nitrogens is 1. The largest absolute Gasteiger partial charge is 0.489 e. The van der Waals surface area contributed by atoms with Crippen molar-refractivity contribution in [2.75, 3.05) is 26.2 Å². The van der Waals surface area contributed by atoms with Gasteiger partial charge in [-0.2, -0.15) is 0 Å². The number of amides is 2. The first-order valence-electron chi connectivity index (χ1n) is 5.03. The summed E-state index contributed by atoms with van der Waals surface area (Å²) in [7, 11) is 0. The molecule has 86 valence electrons. The molecule has 1 fully saturated rings. The molecule has 0 radical (unpaired) electrons. The number of pyridine rings is 1. The lowest BCUT2D eigenvalue weighted by atomic mass is 10.4. The zero-order valence-corrected chi connectivity index (χ0v) is 10.2. The number of hydrogen-bond donors (Lipinski definition) is 1. The van der Waals surface area contributed by atoms with Gasteiger partial charge < -0.3 is 15.0 Å². The van der Waals surface area contributed by atoms with Crippen molar-refractivity contribution in [2.45, 2.75) is 0 Å². The van der Waals surface area contributed by atoms with Gasteiger partial charge in [0.2, 0.25) is 0 Å². The van der Waals surface area contributed by atoms with Gasteiger partial charge in [0.25, 0.3) is 0 Å². The number of carbonyl (C=O) groups excluding carboxylic acids is 1. The molecule has 0 saturated carbocycles. The van der Waals surface area contributed by atoms with Crippen LogP contribution in [0.5, 0.6) is 5.75 Å². The molecule has 1 aliphatic heterocycles. The number of halogens is 1. The highest BCUT2D eigenvalue weighted by atomic mass is 79.9. The van der Waals surface area contributed by atoms with E-state index in [4.69, 9.17) is 4.74 Å². The first-order chi connectivity index (χ1) is 7.77. The SMILES string of the molecule is O=C1NCCN1CCOc1cccnc1Br. The van der Waals surface area contributed by atoms with Crippen molar-refractivity contribution in [3.63, 3.8) is 0 Å². The Labute approximate surface area is 102 Å². The van der Waals surface area contributed by atoms with Gasteiger partial charge in [-0.25, -0.2) is 9.78 Å². The van der Waals surface area contributed by atoms with Gasteiger partial charge in [-0.1, -0.05) is 0 Å². The fourth-order valence-corrected chi connectivity index (χ4v) is 1.83. The minimum absolute atomic E-state index is 0.0196. The number of carbonyl (C=O) groups is 1. The predicted molar refractivity (Wildman–Crippen MR) is 62.4 cm³/mol. The van der Waals surface area contributed by atoms with Gasteiger partial charge in [-0.3, -0.25) is 0 Å². The number of urea groups is 1. The maximum Gasteiger partial charge on any atom is 0.317 e. The number of nitrogens with zero attached hydrogens (tertiary/aromatic N) is 2. The van der Waals surface area contributed by atoms with Crippen LogP contribution < -0.4 is 10.1 Å².